The molecule has 1 aromatic heterocycles. The van der Waals surface area contributed by atoms with Gasteiger partial charge in [-0.3, -0.25) is 9.69 Å². The molecule has 11 heteroatoms. The second-order valence-electron chi connectivity index (χ2n) is 7.36. The maximum Gasteiger partial charge on any atom is 0.323 e. The van der Waals surface area contributed by atoms with Crippen molar-refractivity contribution in [3.05, 3.63) is 34.8 Å². The summed E-state index contributed by atoms with van der Waals surface area (Å²) >= 11 is 1.34. The van der Waals surface area contributed by atoms with E-state index in [0.29, 0.717) is 50.0 Å². The van der Waals surface area contributed by atoms with Crippen molar-refractivity contribution in [2.45, 2.75) is 31.6 Å². The zero-order chi connectivity index (χ0) is 22.2. The van der Waals surface area contributed by atoms with Crippen LogP contribution in [0.1, 0.15) is 25.1 Å². The largest absolute Gasteiger partial charge is 0.336 e. The quantitative estimate of drug-likeness (QED) is 0.675. The number of benzene rings is 1. The first-order valence-corrected chi connectivity index (χ1v) is 12.6. The highest BCUT2D eigenvalue weighted by Gasteiger charge is 2.29. The van der Waals surface area contributed by atoms with E-state index in [-0.39, 0.29) is 23.3 Å². The fourth-order valence-corrected chi connectivity index (χ4v) is 6.27. The predicted octanol–water partition coefficient (Wildman–Crippen LogP) is 1.83. The molecule has 2 aliphatic rings. The Bertz CT molecular complexity index is 1110. The molecule has 1 aromatic carbocycles. The zero-order valence-electron chi connectivity index (χ0n) is 17.5. The number of anilines is 2. The van der Waals surface area contributed by atoms with Gasteiger partial charge in [0, 0.05) is 43.8 Å². The molecule has 3 heterocycles. The second-order valence-corrected chi connectivity index (χ2v) is 10.1. The number of carbonyl (C=O) groups is 2. The van der Waals surface area contributed by atoms with Crippen LogP contribution in [0.5, 0.6) is 0 Å². The molecule has 1 saturated heterocycles. The van der Waals surface area contributed by atoms with E-state index in [1.165, 1.54) is 15.6 Å². The lowest BCUT2D eigenvalue weighted by Crippen LogP contribution is -2.31. The number of urea groups is 1. The van der Waals surface area contributed by atoms with Gasteiger partial charge in [0.1, 0.15) is 0 Å². The highest BCUT2D eigenvalue weighted by Crippen LogP contribution is 2.32. The molecule has 1 N–H and O–H groups in total. The first kappa shape index (κ1) is 21.7. The molecule has 0 radical (unpaired) electrons. The molecule has 1 fully saturated rings. The maximum atomic E-state index is 12.9. The number of thiazole rings is 1. The van der Waals surface area contributed by atoms with Crippen molar-refractivity contribution in [3.63, 3.8) is 0 Å². The number of sulfonamides is 1. The smallest absolute Gasteiger partial charge is 0.323 e. The van der Waals surface area contributed by atoms with Gasteiger partial charge in [0.05, 0.1) is 17.0 Å². The highest BCUT2D eigenvalue weighted by molar-refractivity contribution is 7.89. The first-order chi connectivity index (χ1) is 14.8. The summed E-state index contributed by atoms with van der Waals surface area (Å²) in [7, 11) is -3.54. The Kier molecular flexibility index (Phi) is 6.00. The molecule has 0 spiro atoms. The van der Waals surface area contributed by atoms with Crippen LogP contribution in [0.2, 0.25) is 0 Å². The van der Waals surface area contributed by atoms with Crippen molar-refractivity contribution in [1.82, 2.24) is 14.6 Å². The highest BCUT2D eigenvalue weighted by atomic mass is 32.2. The van der Waals surface area contributed by atoms with Crippen LogP contribution in [0.3, 0.4) is 0 Å². The third-order valence-corrected chi connectivity index (χ3v) is 8.51. The van der Waals surface area contributed by atoms with E-state index >= 15 is 0 Å². The number of rotatable bonds is 7. The Labute approximate surface area is 185 Å². The fraction of sp³-hybridized carbons (Fsp3) is 0.450. The van der Waals surface area contributed by atoms with Crippen molar-refractivity contribution < 1.29 is 18.0 Å². The van der Waals surface area contributed by atoms with E-state index in [2.05, 4.69) is 10.3 Å². The number of hydrogen-bond donors (Lipinski definition) is 1. The SMILES string of the molecule is CCN(CC)S(=O)(=O)c1ccc2c(c1)CCN2C(=O)Cc1csc(N2CCNC2=O)n1. The summed E-state index contributed by atoms with van der Waals surface area (Å²) in [5, 5.41) is 5.13. The van der Waals surface area contributed by atoms with E-state index < -0.39 is 10.0 Å². The molecular weight excluding hydrogens is 438 g/mol. The first-order valence-electron chi connectivity index (χ1n) is 10.3. The number of fused-ring (bicyclic) bond motifs is 1. The minimum atomic E-state index is -3.54. The van der Waals surface area contributed by atoms with E-state index in [9.17, 15) is 18.0 Å². The van der Waals surface area contributed by atoms with Crippen molar-refractivity contribution in [3.8, 4) is 0 Å². The second kappa shape index (κ2) is 8.56. The van der Waals surface area contributed by atoms with Crippen molar-refractivity contribution >= 4 is 44.1 Å². The van der Waals surface area contributed by atoms with E-state index in [0.717, 1.165) is 11.3 Å². The van der Waals surface area contributed by atoms with Crippen molar-refractivity contribution in [1.29, 1.82) is 0 Å². The van der Waals surface area contributed by atoms with Gasteiger partial charge in [0.15, 0.2) is 5.13 Å². The minimum absolute atomic E-state index is 0.0965. The summed E-state index contributed by atoms with van der Waals surface area (Å²) in [6.45, 7) is 6.11. The summed E-state index contributed by atoms with van der Waals surface area (Å²) in [5.41, 5.74) is 2.23. The normalized spacial score (nSPS) is 16.2. The molecule has 4 rings (SSSR count). The molecule has 0 unspecified atom stereocenters. The fourth-order valence-electron chi connectivity index (χ4n) is 3.92. The van der Waals surface area contributed by atoms with Crippen LogP contribution in [0, 0.1) is 0 Å². The Morgan fingerprint density at radius 2 is 2.03 bits per heavy atom. The molecule has 3 amide bonds. The van der Waals surface area contributed by atoms with Crippen LogP contribution in [-0.2, 0) is 27.7 Å². The van der Waals surface area contributed by atoms with Gasteiger partial charge in [-0.25, -0.2) is 18.2 Å². The van der Waals surface area contributed by atoms with Gasteiger partial charge in [0.2, 0.25) is 15.9 Å². The van der Waals surface area contributed by atoms with Gasteiger partial charge in [-0.05, 0) is 30.2 Å². The topological polar surface area (TPSA) is 103 Å². The third-order valence-electron chi connectivity index (χ3n) is 5.55. The van der Waals surface area contributed by atoms with Gasteiger partial charge >= 0.3 is 6.03 Å². The minimum Gasteiger partial charge on any atom is -0.336 e. The number of aromatic nitrogens is 1. The van der Waals surface area contributed by atoms with Gasteiger partial charge in [-0.2, -0.15) is 4.31 Å². The zero-order valence-corrected chi connectivity index (χ0v) is 19.1. The molecule has 0 aliphatic carbocycles. The summed E-state index contributed by atoms with van der Waals surface area (Å²) in [6.07, 6.45) is 0.740. The van der Waals surface area contributed by atoms with Crippen LogP contribution in [0.4, 0.5) is 15.6 Å². The monoisotopic (exact) mass is 463 g/mol. The van der Waals surface area contributed by atoms with E-state index in [4.69, 9.17) is 0 Å². The van der Waals surface area contributed by atoms with Gasteiger partial charge < -0.3 is 10.2 Å². The molecule has 0 bridgehead atoms. The summed E-state index contributed by atoms with van der Waals surface area (Å²) in [4.78, 5) is 32.7. The maximum absolute atomic E-state index is 12.9. The van der Waals surface area contributed by atoms with Crippen LogP contribution >= 0.6 is 11.3 Å². The predicted molar refractivity (Wildman–Crippen MR) is 119 cm³/mol. The van der Waals surface area contributed by atoms with Crippen LogP contribution in [0.25, 0.3) is 0 Å². The lowest BCUT2D eigenvalue weighted by Gasteiger charge is -2.20. The molecular formula is C20H25N5O4S2. The average Bonchev–Trinajstić information content (AvgIpc) is 3.47. The number of carbonyl (C=O) groups excluding carboxylic acids is 2. The summed E-state index contributed by atoms with van der Waals surface area (Å²) in [6, 6.07) is 4.81. The lowest BCUT2D eigenvalue weighted by atomic mass is 10.2. The third kappa shape index (κ3) is 4.04. The van der Waals surface area contributed by atoms with Crippen LogP contribution in [0.15, 0.2) is 28.5 Å². The molecule has 166 valence electrons. The van der Waals surface area contributed by atoms with E-state index in [1.54, 1.807) is 33.4 Å². The standard InChI is InChI=1S/C20H25N5O4S2/c1-3-23(4-2)31(28,29)16-5-6-17-14(11-16)7-9-24(17)18(26)12-15-13-30-20(22-15)25-10-8-21-19(25)27/h5-6,11,13H,3-4,7-10,12H2,1-2H3,(H,21,27). The molecule has 31 heavy (non-hydrogen) atoms. The average molecular weight is 464 g/mol. The van der Waals surface area contributed by atoms with Crippen LogP contribution < -0.4 is 15.1 Å². The van der Waals surface area contributed by atoms with Gasteiger partial charge in [0.25, 0.3) is 0 Å². The molecule has 2 aromatic rings. The van der Waals surface area contributed by atoms with E-state index in [1.807, 2.05) is 13.8 Å². The molecule has 0 atom stereocenters. The Morgan fingerprint density at radius 1 is 1.26 bits per heavy atom. The summed E-state index contributed by atoms with van der Waals surface area (Å²) < 4.78 is 27.0. The number of nitrogens with zero attached hydrogens (tertiary/aromatic N) is 4. The molecule has 0 saturated carbocycles. The lowest BCUT2D eigenvalue weighted by molar-refractivity contribution is -0.117. The van der Waals surface area contributed by atoms with Gasteiger partial charge in [-0.1, -0.05) is 13.8 Å². The van der Waals surface area contributed by atoms with Crippen molar-refractivity contribution in [2.75, 3.05) is 42.5 Å². The van der Waals surface area contributed by atoms with Gasteiger partial charge in [-0.15, -0.1) is 11.3 Å². The van der Waals surface area contributed by atoms with Crippen LogP contribution in [-0.4, -0.2) is 62.4 Å². The Morgan fingerprint density at radius 3 is 2.71 bits per heavy atom. The Hall–Kier alpha value is -2.50. The molecule has 9 nitrogen and oxygen atoms in total. The molecule has 2 aliphatic heterocycles. The summed E-state index contributed by atoms with van der Waals surface area (Å²) in [5.74, 6) is -0.0965. The number of amides is 3. The number of nitrogens with one attached hydrogen (secondary N) is 1. The van der Waals surface area contributed by atoms with Crippen molar-refractivity contribution in [2.24, 2.45) is 0 Å². The number of hydrogen-bond acceptors (Lipinski definition) is 6. The Balaban J connectivity index is 1.49.